The molecule has 1 aromatic heterocycles. The number of rotatable bonds is 5. The smallest absolute Gasteiger partial charge is 0.225 e. The van der Waals surface area contributed by atoms with E-state index < -0.39 is 0 Å². The van der Waals surface area contributed by atoms with Gasteiger partial charge in [0.15, 0.2) is 0 Å². The Balaban J connectivity index is 1.05. The van der Waals surface area contributed by atoms with Gasteiger partial charge in [-0.15, -0.1) is 0 Å². The Morgan fingerprint density at radius 3 is 2.31 bits per heavy atom. The molecule has 4 aliphatic rings. The molecule has 4 heterocycles. The van der Waals surface area contributed by atoms with Crippen LogP contribution in [0.25, 0.3) is 0 Å². The second-order valence-electron chi connectivity index (χ2n) is 10.1. The Bertz CT molecular complexity index is 910. The highest BCUT2D eigenvalue weighted by Crippen LogP contribution is 2.27. The van der Waals surface area contributed by atoms with Gasteiger partial charge in [-0.3, -0.25) is 9.80 Å². The third kappa shape index (κ3) is 4.23. The molecular weight excluding hydrogens is 396 g/mol. The monoisotopic (exact) mass is 432 g/mol. The van der Waals surface area contributed by atoms with Gasteiger partial charge in [0.25, 0.3) is 0 Å². The minimum atomic E-state index is 0.851. The van der Waals surface area contributed by atoms with E-state index in [2.05, 4.69) is 50.1 Å². The van der Waals surface area contributed by atoms with E-state index in [0.29, 0.717) is 0 Å². The molecule has 3 aliphatic heterocycles. The number of hydrogen-bond acceptors (Lipinski definition) is 6. The van der Waals surface area contributed by atoms with Gasteiger partial charge in [0.1, 0.15) is 0 Å². The molecule has 2 aromatic rings. The molecule has 0 atom stereocenters. The van der Waals surface area contributed by atoms with Crippen LogP contribution < -0.4 is 9.80 Å². The maximum absolute atomic E-state index is 5.00. The summed E-state index contributed by atoms with van der Waals surface area (Å²) in [6.07, 6.45) is 9.99. The van der Waals surface area contributed by atoms with Gasteiger partial charge in [0.05, 0.1) is 5.69 Å². The lowest BCUT2D eigenvalue weighted by Crippen LogP contribution is -2.52. The number of fused-ring (bicyclic) bond motifs is 1. The van der Waals surface area contributed by atoms with E-state index in [1.165, 1.54) is 67.7 Å². The zero-order valence-corrected chi connectivity index (χ0v) is 19.3. The van der Waals surface area contributed by atoms with Gasteiger partial charge >= 0.3 is 0 Å². The lowest BCUT2D eigenvalue weighted by atomic mass is 9.91. The molecule has 0 spiro atoms. The van der Waals surface area contributed by atoms with Crippen molar-refractivity contribution < 1.29 is 0 Å². The largest absolute Gasteiger partial charge is 0.372 e. The molecule has 0 unspecified atom stereocenters. The van der Waals surface area contributed by atoms with Crippen LogP contribution in [0.3, 0.4) is 0 Å². The van der Waals surface area contributed by atoms with Crippen molar-refractivity contribution in [1.29, 1.82) is 0 Å². The van der Waals surface area contributed by atoms with E-state index in [-0.39, 0.29) is 0 Å². The van der Waals surface area contributed by atoms with Crippen molar-refractivity contribution in [2.45, 2.75) is 57.7 Å². The van der Waals surface area contributed by atoms with Gasteiger partial charge in [0, 0.05) is 88.8 Å². The van der Waals surface area contributed by atoms with Crippen LogP contribution in [0.1, 0.15) is 48.9 Å². The summed E-state index contributed by atoms with van der Waals surface area (Å²) in [5.74, 6) is 0.947. The molecule has 6 heteroatoms. The van der Waals surface area contributed by atoms with Crippen LogP contribution in [-0.4, -0.2) is 71.6 Å². The summed E-state index contributed by atoms with van der Waals surface area (Å²) in [5.41, 5.74) is 5.35. The van der Waals surface area contributed by atoms with Crippen LogP contribution in [0.2, 0.25) is 0 Å². The third-order valence-electron chi connectivity index (χ3n) is 8.00. The predicted octanol–water partition coefficient (Wildman–Crippen LogP) is 3.31. The van der Waals surface area contributed by atoms with Crippen LogP contribution >= 0.6 is 0 Å². The number of benzene rings is 1. The molecule has 1 saturated carbocycles. The molecule has 0 amide bonds. The number of nitrogens with zero attached hydrogens (tertiary/aromatic N) is 6. The number of anilines is 2. The molecule has 170 valence electrons. The molecule has 0 bridgehead atoms. The van der Waals surface area contributed by atoms with Gasteiger partial charge in [-0.25, -0.2) is 9.97 Å². The first-order chi connectivity index (χ1) is 15.8. The number of piperazine rings is 1. The zero-order chi connectivity index (χ0) is 21.3. The summed E-state index contributed by atoms with van der Waals surface area (Å²) in [6.45, 7) is 9.91. The molecule has 2 saturated heterocycles. The van der Waals surface area contributed by atoms with E-state index in [0.717, 1.165) is 64.2 Å². The first-order valence-electron chi connectivity index (χ1n) is 12.7. The van der Waals surface area contributed by atoms with Crippen molar-refractivity contribution in [3.63, 3.8) is 0 Å². The van der Waals surface area contributed by atoms with Crippen molar-refractivity contribution >= 4 is 11.6 Å². The molecule has 1 aliphatic carbocycles. The maximum atomic E-state index is 5.00. The SMILES string of the molecule is c1cc(N2CCCC2)ccc1CN1CCc2nc(N3CCN(C4CCC4)CC3)ncc2C1. The summed E-state index contributed by atoms with van der Waals surface area (Å²) in [4.78, 5) is 19.9. The highest BCUT2D eigenvalue weighted by molar-refractivity contribution is 5.48. The highest BCUT2D eigenvalue weighted by Gasteiger charge is 2.29. The van der Waals surface area contributed by atoms with Crippen molar-refractivity contribution in [2.75, 3.05) is 55.6 Å². The fraction of sp³-hybridized carbons (Fsp3) is 0.615. The van der Waals surface area contributed by atoms with Gasteiger partial charge in [0.2, 0.25) is 5.95 Å². The van der Waals surface area contributed by atoms with Gasteiger partial charge in [-0.05, 0) is 43.4 Å². The van der Waals surface area contributed by atoms with Crippen molar-refractivity contribution in [2.24, 2.45) is 0 Å². The van der Waals surface area contributed by atoms with Gasteiger partial charge in [-0.2, -0.15) is 0 Å². The predicted molar refractivity (Wildman–Crippen MR) is 129 cm³/mol. The average molecular weight is 433 g/mol. The molecule has 6 rings (SSSR count). The minimum absolute atomic E-state index is 0.851. The Morgan fingerprint density at radius 1 is 0.812 bits per heavy atom. The highest BCUT2D eigenvalue weighted by atomic mass is 15.3. The topological polar surface area (TPSA) is 38.7 Å². The van der Waals surface area contributed by atoms with Crippen LogP contribution in [0.5, 0.6) is 0 Å². The second-order valence-corrected chi connectivity index (χ2v) is 10.1. The fourth-order valence-corrected chi connectivity index (χ4v) is 5.74. The lowest BCUT2D eigenvalue weighted by Gasteiger charge is -2.43. The summed E-state index contributed by atoms with van der Waals surface area (Å²) in [5, 5.41) is 0. The van der Waals surface area contributed by atoms with E-state index in [4.69, 9.17) is 9.97 Å². The molecule has 0 radical (unpaired) electrons. The van der Waals surface area contributed by atoms with Crippen LogP contribution in [0.15, 0.2) is 30.5 Å². The van der Waals surface area contributed by atoms with Crippen molar-refractivity contribution in [3.8, 4) is 0 Å². The fourth-order valence-electron chi connectivity index (χ4n) is 5.74. The summed E-state index contributed by atoms with van der Waals surface area (Å²) < 4.78 is 0. The van der Waals surface area contributed by atoms with Gasteiger partial charge in [-0.1, -0.05) is 18.6 Å². The summed E-state index contributed by atoms with van der Waals surface area (Å²) >= 11 is 0. The first kappa shape index (κ1) is 20.4. The minimum Gasteiger partial charge on any atom is -0.372 e. The zero-order valence-electron chi connectivity index (χ0n) is 19.3. The molecule has 1 aromatic carbocycles. The Kier molecular flexibility index (Phi) is 5.74. The average Bonchev–Trinajstić information content (AvgIpc) is 3.34. The van der Waals surface area contributed by atoms with E-state index >= 15 is 0 Å². The van der Waals surface area contributed by atoms with Crippen molar-refractivity contribution in [1.82, 2.24) is 19.8 Å². The second kappa shape index (κ2) is 8.99. The summed E-state index contributed by atoms with van der Waals surface area (Å²) in [7, 11) is 0. The Labute approximate surface area is 192 Å². The molecular formula is C26H36N6. The van der Waals surface area contributed by atoms with Crippen molar-refractivity contribution in [3.05, 3.63) is 47.3 Å². The standard InChI is InChI=1S/C26H36N6/c1-2-12-30(11-1)24-8-6-21(7-9-24)19-29-13-10-25-22(20-29)18-27-26(28-25)32-16-14-31(15-17-32)23-4-3-5-23/h6-9,18,23H,1-5,10-17,19-20H2. The Hall–Kier alpha value is -2.18. The lowest BCUT2D eigenvalue weighted by molar-refractivity contribution is 0.120. The quantitative estimate of drug-likeness (QED) is 0.722. The Morgan fingerprint density at radius 2 is 1.59 bits per heavy atom. The third-order valence-corrected chi connectivity index (χ3v) is 8.00. The van der Waals surface area contributed by atoms with E-state index in [1.807, 2.05) is 0 Å². The molecule has 6 nitrogen and oxygen atoms in total. The molecule has 0 N–H and O–H groups in total. The van der Waals surface area contributed by atoms with Gasteiger partial charge < -0.3 is 9.80 Å². The van der Waals surface area contributed by atoms with Crippen LogP contribution in [-0.2, 0) is 19.5 Å². The first-order valence-corrected chi connectivity index (χ1v) is 12.7. The van der Waals surface area contributed by atoms with E-state index in [9.17, 15) is 0 Å². The maximum Gasteiger partial charge on any atom is 0.225 e. The van der Waals surface area contributed by atoms with Crippen LogP contribution in [0.4, 0.5) is 11.6 Å². The van der Waals surface area contributed by atoms with E-state index in [1.54, 1.807) is 0 Å². The molecule has 3 fully saturated rings. The van der Waals surface area contributed by atoms with Crippen LogP contribution in [0, 0.1) is 0 Å². The molecule has 32 heavy (non-hydrogen) atoms. The summed E-state index contributed by atoms with van der Waals surface area (Å²) in [6, 6.07) is 10.1. The number of aromatic nitrogens is 2. The normalized spacial score (nSPS) is 22.8. The number of hydrogen-bond donors (Lipinski definition) is 0.